The second-order valence-electron chi connectivity index (χ2n) is 12.8. The molecule has 0 aliphatic carbocycles. The Kier molecular flexibility index (Phi) is 13.5. The van der Waals surface area contributed by atoms with Crippen molar-refractivity contribution in [3.8, 4) is 5.75 Å². The highest BCUT2D eigenvalue weighted by Gasteiger charge is 2.31. The number of anilines is 1. The lowest BCUT2D eigenvalue weighted by molar-refractivity contribution is -0.0177. The van der Waals surface area contributed by atoms with Crippen LogP contribution in [0.5, 0.6) is 5.75 Å². The number of aliphatic hydroxyl groups is 1. The fourth-order valence-electron chi connectivity index (χ4n) is 5.71. The molecule has 0 aromatic heterocycles. The van der Waals surface area contributed by atoms with Crippen molar-refractivity contribution in [2.75, 3.05) is 38.1 Å². The van der Waals surface area contributed by atoms with Gasteiger partial charge in [-0.05, 0) is 100 Å². The SMILES string of the molecule is C[C@@H]1CCCCO[C@@H](CN(C)Cc2ccc(C(=O)O)cc2)[C@H](C)CN([C@@H](C)CO)C(=O)c2cc(NS(=O)(=O)c3ccc(Cl)cc3)ccc2O1. The Morgan fingerprint density at radius 3 is 2.43 bits per heavy atom. The summed E-state index contributed by atoms with van der Waals surface area (Å²) in [5.41, 5.74) is 1.54. The second kappa shape index (κ2) is 17.3. The number of rotatable bonds is 10. The van der Waals surface area contributed by atoms with Crippen molar-refractivity contribution in [3.63, 3.8) is 0 Å². The average molecular weight is 716 g/mol. The molecular formula is C36H46ClN3O8S. The Hall–Kier alpha value is -3.68. The third-order valence-corrected chi connectivity index (χ3v) is 10.2. The molecule has 0 bridgehead atoms. The van der Waals surface area contributed by atoms with Gasteiger partial charge >= 0.3 is 5.97 Å². The number of aromatic carboxylic acids is 1. The number of benzene rings is 3. The van der Waals surface area contributed by atoms with Gasteiger partial charge < -0.3 is 24.6 Å². The van der Waals surface area contributed by atoms with Gasteiger partial charge in [-0.1, -0.05) is 30.7 Å². The normalized spacial score (nSPS) is 20.2. The van der Waals surface area contributed by atoms with Crippen LogP contribution >= 0.6 is 11.6 Å². The monoisotopic (exact) mass is 715 g/mol. The van der Waals surface area contributed by atoms with E-state index < -0.39 is 27.9 Å². The Bertz CT molecular complexity index is 1670. The van der Waals surface area contributed by atoms with Gasteiger partial charge in [0.05, 0.1) is 40.9 Å². The smallest absolute Gasteiger partial charge is 0.335 e. The van der Waals surface area contributed by atoms with Gasteiger partial charge in [0.15, 0.2) is 0 Å². The molecule has 1 aliphatic heterocycles. The van der Waals surface area contributed by atoms with Crippen molar-refractivity contribution in [1.29, 1.82) is 0 Å². The fraction of sp³-hybridized carbons (Fsp3) is 0.444. The Labute approximate surface area is 293 Å². The number of carboxylic acids is 1. The van der Waals surface area contributed by atoms with Gasteiger partial charge in [-0.2, -0.15) is 0 Å². The summed E-state index contributed by atoms with van der Waals surface area (Å²) in [7, 11) is -2.02. The predicted molar refractivity (Wildman–Crippen MR) is 189 cm³/mol. The van der Waals surface area contributed by atoms with Crippen LogP contribution in [0.1, 0.15) is 66.3 Å². The van der Waals surface area contributed by atoms with E-state index in [1.54, 1.807) is 48.2 Å². The largest absolute Gasteiger partial charge is 0.490 e. The molecule has 3 aromatic rings. The van der Waals surface area contributed by atoms with Crippen molar-refractivity contribution in [2.45, 2.75) is 69.7 Å². The molecule has 266 valence electrons. The summed E-state index contributed by atoms with van der Waals surface area (Å²) in [6.07, 6.45) is 1.86. The highest BCUT2D eigenvalue weighted by molar-refractivity contribution is 7.92. The Morgan fingerprint density at radius 1 is 1.08 bits per heavy atom. The summed E-state index contributed by atoms with van der Waals surface area (Å²) in [5, 5.41) is 19.9. The van der Waals surface area contributed by atoms with Crippen LogP contribution in [0.25, 0.3) is 0 Å². The maximum Gasteiger partial charge on any atom is 0.335 e. The minimum Gasteiger partial charge on any atom is -0.490 e. The molecule has 1 amide bonds. The van der Waals surface area contributed by atoms with Crippen molar-refractivity contribution in [2.24, 2.45) is 5.92 Å². The summed E-state index contributed by atoms with van der Waals surface area (Å²) in [6.45, 7) is 7.30. The van der Waals surface area contributed by atoms with E-state index in [0.29, 0.717) is 36.9 Å². The van der Waals surface area contributed by atoms with Crippen molar-refractivity contribution < 1.29 is 37.7 Å². The molecule has 0 saturated heterocycles. The Morgan fingerprint density at radius 2 is 1.78 bits per heavy atom. The van der Waals surface area contributed by atoms with Crippen molar-refractivity contribution in [1.82, 2.24) is 9.80 Å². The molecule has 4 atom stereocenters. The van der Waals surface area contributed by atoms with Crippen LogP contribution in [-0.4, -0.2) is 91.9 Å². The number of sulfonamides is 1. The first-order valence-corrected chi connectivity index (χ1v) is 18.3. The fourth-order valence-corrected chi connectivity index (χ4v) is 6.89. The number of amides is 1. The number of carboxylic acid groups (broad SMARTS) is 1. The number of nitrogens with one attached hydrogen (secondary N) is 1. The van der Waals surface area contributed by atoms with E-state index in [1.807, 2.05) is 20.9 Å². The van der Waals surface area contributed by atoms with Crippen molar-refractivity contribution in [3.05, 3.63) is 88.4 Å². The zero-order valence-corrected chi connectivity index (χ0v) is 29.9. The van der Waals surface area contributed by atoms with Crippen LogP contribution in [0.2, 0.25) is 5.02 Å². The predicted octanol–water partition coefficient (Wildman–Crippen LogP) is 5.77. The van der Waals surface area contributed by atoms with Gasteiger partial charge in [0.2, 0.25) is 0 Å². The summed E-state index contributed by atoms with van der Waals surface area (Å²) in [6, 6.07) is 16.6. The first kappa shape index (κ1) is 38.1. The maximum absolute atomic E-state index is 14.4. The zero-order chi connectivity index (χ0) is 35.7. The minimum atomic E-state index is -3.99. The molecule has 4 rings (SSSR count). The molecule has 11 nitrogen and oxygen atoms in total. The highest BCUT2D eigenvalue weighted by atomic mass is 35.5. The molecule has 1 heterocycles. The molecular weight excluding hydrogens is 670 g/mol. The number of ether oxygens (including phenoxy) is 2. The number of aliphatic hydroxyl groups excluding tert-OH is 1. The third-order valence-electron chi connectivity index (χ3n) is 8.57. The van der Waals surface area contributed by atoms with E-state index in [-0.39, 0.29) is 53.0 Å². The average Bonchev–Trinajstić information content (AvgIpc) is 3.06. The summed E-state index contributed by atoms with van der Waals surface area (Å²) < 4.78 is 41.6. The summed E-state index contributed by atoms with van der Waals surface area (Å²) >= 11 is 5.95. The quantitative estimate of drug-likeness (QED) is 0.238. The number of halogens is 1. The number of hydrogen-bond donors (Lipinski definition) is 3. The molecule has 0 radical (unpaired) electrons. The van der Waals surface area contributed by atoms with Gasteiger partial charge in [0.25, 0.3) is 15.9 Å². The van der Waals surface area contributed by atoms with E-state index in [2.05, 4.69) is 9.62 Å². The maximum atomic E-state index is 14.4. The number of hydrogen-bond acceptors (Lipinski definition) is 8. The lowest BCUT2D eigenvalue weighted by Crippen LogP contribution is -2.47. The van der Waals surface area contributed by atoms with Gasteiger partial charge in [-0.15, -0.1) is 0 Å². The number of nitrogens with zero attached hydrogens (tertiary/aromatic N) is 2. The first-order chi connectivity index (χ1) is 23.3. The molecule has 3 aromatic carbocycles. The van der Waals surface area contributed by atoms with Gasteiger partial charge in [0, 0.05) is 42.9 Å². The Balaban J connectivity index is 1.62. The van der Waals surface area contributed by atoms with E-state index in [4.69, 9.17) is 21.1 Å². The molecule has 49 heavy (non-hydrogen) atoms. The first-order valence-electron chi connectivity index (χ1n) is 16.4. The van der Waals surface area contributed by atoms with Crippen LogP contribution in [0.4, 0.5) is 5.69 Å². The standard InChI is InChI=1S/C36H46ClN3O8S/c1-24-20-40(25(2)23-41)35(42)32-19-30(38-49(45,46)31-15-12-29(37)13-16-31)14-17-33(32)48-26(3)7-5-6-18-47-34(24)22-39(4)21-27-8-10-28(11-9-27)36(43)44/h8-17,19,24-26,34,38,41H,5-7,18,20-23H2,1-4H3,(H,43,44)/t24-,25+,26-,34+/m1/s1. The second-order valence-corrected chi connectivity index (χ2v) is 14.9. The number of fused-ring (bicyclic) bond motifs is 1. The number of likely N-dealkylation sites (N-methyl/N-ethyl adjacent to an activating group) is 1. The topological polar surface area (TPSA) is 146 Å². The number of carbonyl (C=O) groups is 2. The summed E-state index contributed by atoms with van der Waals surface area (Å²) in [5.74, 6) is -1.22. The molecule has 0 unspecified atom stereocenters. The number of carbonyl (C=O) groups excluding carboxylic acids is 1. The van der Waals surface area contributed by atoms with Crippen LogP contribution < -0.4 is 9.46 Å². The van der Waals surface area contributed by atoms with Crippen LogP contribution in [0.15, 0.2) is 71.6 Å². The molecule has 13 heteroatoms. The van der Waals surface area contributed by atoms with Crippen LogP contribution in [0, 0.1) is 5.92 Å². The van der Waals surface area contributed by atoms with Gasteiger partial charge in [-0.3, -0.25) is 14.4 Å². The zero-order valence-electron chi connectivity index (χ0n) is 28.3. The van der Waals surface area contributed by atoms with E-state index in [9.17, 15) is 28.2 Å². The minimum absolute atomic E-state index is 0.0193. The molecule has 3 N–H and O–H groups in total. The van der Waals surface area contributed by atoms with E-state index in [0.717, 1.165) is 18.4 Å². The molecule has 0 fully saturated rings. The van der Waals surface area contributed by atoms with Gasteiger partial charge in [-0.25, -0.2) is 13.2 Å². The lowest BCUT2D eigenvalue weighted by atomic mass is 10.0. The molecule has 0 spiro atoms. The van der Waals surface area contributed by atoms with E-state index in [1.165, 1.54) is 30.3 Å². The van der Waals surface area contributed by atoms with Crippen LogP contribution in [0.3, 0.4) is 0 Å². The molecule has 1 aliphatic rings. The van der Waals surface area contributed by atoms with E-state index >= 15 is 0 Å². The van der Waals surface area contributed by atoms with Gasteiger partial charge in [0.1, 0.15) is 5.75 Å². The van der Waals surface area contributed by atoms with Crippen molar-refractivity contribution >= 4 is 39.2 Å². The highest BCUT2D eigenvalue weighted by Crippen LogP contribution is 2.30. The van der Waals surface area contributed by atoms with Crippen LogP contribution in [-0.2, 0) is 21.3 Å². The summed E-state index contributed by atoms with van der Waals surface area (Å²) in [4.78, 5) is 29.4. The molecule has 0 saturated carbocycles. The lowest BCUT2D eigenvalue weighted by Gasteiger charge is -2.36. The third kappa shape index (κ3) is 10.7.